The van der Waals surface area contributed by atoms with Crippen LogP contribution in [0.15, 0.2) is 36.9 Å². The molecule has 0 radical (unpaired) electrons. The summed E-state index contributed by atoms with van der Waals surface area (Å²) in [5.41, 5.74) is 7.32. The highest BCUT2D eigenvalue weighted by Gasteiger charge is 2.17. The van der Waals surface area contributed by atoms with Gasteiger partial charge >= 0.3 is 0 Å². The molecule has 18 heavy (non-hydrogen) atoms. The van der Waals surface area contributed by atoms with Crippen LogP contribution in [0.3, 0.4) is 0 Å². The fraction of sp³-hybridized carbons (Fsp3) is 0.231. The van der Waals surface area contributed by atoms with Crippen LogP contribution in [0.4, 0.5) is 0 Å². The van der Waals surface area contributed by atoms with Crippen LogP contribution < -0.4 is 11.3 Å². The fourth-order valence-corrected chi connectivity index (χ4v) is 2.22. The average Bonchev–Trinajstić information content (AvgIpc) is 2.88. The molecule has 1 aromatic heterocycles. The van der Waals surface area contributed by atoms with Gasteiger partial charge in [-0.1, -0.05) is 18.2 Å². The van der Waals surface area contributed by atoms with E-state index in [9.17, 15) is 0 Å². The predicted molar refractivity (Wildman–Crippen MR) is 66.1 cm³/mol. The molecule has 0 aliphatic carbocycles. The molecule has 5 nitrogen and oxygen atoms in total. The van der Waals surface area contributed by atoms with Crippen LogP contribution >= 0.6 is 0 Å². The monoisotopic (exact) mass is 242 g/mol. The molecule has 92 valence electrons. The van der Waals surface area contributed by atoms with Gasteiger partial charge < -0.3 is 4.74 Å². The Bertz CT molecular complexity index is 544. The van der Waals surface area contributed by atoms with Crippen molar-refractivity contribution in [2.24, 2.45) is 5.84 Å². The topological polar surface area (TPSA) is 73.1 Å². The van der Waals surface area contributed by atoms with Crippen molar-refractivity contribution in [3.05, 3.63) is 59.2 Å². The lowest BCUT2D eigenvalue weighted by Crippen LogP contribution is -2.29. The molecule has 2 heterocycles. The Morgan fingerprint density at radius 2 is 1.89 bits per heavy atom. The number of nitrogens with two attached hydrogens (primary N) is 1. The summed E-state index contributed by atoms with van der Waals surface area (Å²) < 4.78 is 5.41. The second-order valence-electron chi connectivity index (χ2n) is 4.29. The maximum atomic E-state index is 5.65. The van der Waals surface area contributed by atoms with Gasteiger partial charge in [0.2, 0.25) is 0 Å². The summed E-state index contributed by atoms with van der Waals surface area (Å²) in [7, 11) is 0. The minimum atomic E-state index is -0.0999. The number of benzene rings is 1. The number of ether oxygens (including phenoxy) is 1. The Labute approximate surface area is 105 Å². The van der Waals surface area contributed by atoms with Crippen LogP contribution in [0.25, 0.3) is 0 Å². The van der Waals surface area contributed by atoms with E-state index in [-0.39, 0.29) is 6.04 Å². The zero-order chi connectivity index (χ0) is 12.4. The van der Waals surface area contributed by atoms with E-state index in [1.54, 1.807) is 12.4 Å². The number of aromatic nitrogens is 2. The van der Waals surface area contributed by atoms with Crippen LogP contribution in [0.5, 0.6) is 0 Å². The van der Waals surface area contributed by atoms with Gasteiger partial charge in [-0.05, 0) is 16.7 Å². The standard InChI is InChI=1S/C13H14N4O/c14-17-13(12-4-15-8-16-5-12)9-1-2-10-6-18-7-11(10)3-9/h1-5,8,13,17H,6-7,14H2. The maximum absolute atomic E-state index is 5.65. The van der Waals surface area contributed by atoms with Gasteiger partial charge in [0, 0.05) is 18.0 Å². The molecule has 3 rings (SSSR count). The third-order valence-corrected chi connectivity index (χ3v) is 3.16. The number of nitrogens with zero attached hydrogens (tertiary/aromatic N) is 2. The zero-order valence-electron chi connectivity index (χ0n) is 9.84. The van der Waals surface area contributed by atoms with Crippen LogP contribution in [-0.4, -0.2) is 9.97 Å². The summed E-state index contributed by atoms with van der Waals surface area (Å²) in [6.45, 7) is 1.37. The third-order valence-electron chi connectivity index (χ3n) is 3.16. The Hall–Kier alpha value is -1.82. The number of fused-ring (bicyclic) bond motifs is 1. The summed E-state index contributed by atoms with van der Waals surface area (Å²) in [4.78, 5) is 8.04. The highest BCUT2D eigenvalue weighted by Crippen LogP contribution is 2.26. The van der Waals surface area contributed by atoms with Crippen molar-refractivity contribution in [3.8, 4) is 0 Å². The van der Waals surface area contributed by atoms with E-state index >= 15 is 0 Å². The highest BCUT2D eigenvalue weighted by molar-refractivity contribution is 5.37. The first kappa shape index (κ1) is 11.3. The van der Waals surface area contributed by atoms with Crippen LogP contribution in [0, 0.1) is 0 Å². The largest absolute Gasteiger partial charge is 0.372 e. The van der Waals surface area contributed by atoms with Gasteiger partial charge in [0.25, 0.3) is 0 Å². The van der Waals surface area contributed by atoms with Gasteiger partial charge in [0.15, 0.2) is 0 Å². The van der Waals surface area contributed by atoms with Crippen molar-refractivity contribution < 1.29 is 4.74 Å². The summed E-state index contributed by atoms with van der Waals surface area (Å²) in [5, 5.41) is 0. The van der Waals surface area contributed by atoms with E-state index in [2.05, 4.69) is 33.6 Å². The summed E-state index contributed by atoms with van der Waals surface area (Å²) >= 11 is 0. The van der Waals surface area contributed by atoms with E-state index in [1.165, 1.54) is 17.5 Å². The smallest absolute Gasteiger partial charge is 0.115 e. The molecule has 0 spiro atoms. The highest BCUT2D eigenvalue weighted by atomic mass is 16.5. The van der Waals surface area contributed by atoms with Gasteiger partial charge in [0.05, 0.1) is 19.3 Å². The van der Waals surface area contributed by atoms with Gasteiger partial charge in [-0.15, -0.1) is 0 Å². The predicted octanol–water partition coefficient (Wildman–Crippen LogP) is 1.06. The lowest BCUT2D eigenvalue weighted by molar-refractivity contribution is 0.134. The molecule has 1 aromatic carbocycles. The molecular formula is C13H14N4O. The quantitative estimate of drug-likeness (QED) is 0.622. The van der Waals surface area contributed by atoms with Gasteiger partial charge in [0.1, 0.15) is 6.33 Å². The van der Waals surface area contributed by atoms with Crippen molar-refractivity contribution in [1.29, 1.82) is 0 Å². The lowest BCUT2D eigenvalue weighted by atomic mass is 9.98. The number of rotatable bonds is 3. The first-order valence-electron chi connectivity index (χ1n) is 5.79. The van der Waals surface area contributed by atoms with Crippen LogP contribution in [0.1, 0.15) is 28.3 Å². The molecule has 2 aromatic rings. The molecule has 1 aliphatic heterocycles. The Morgan fingerprint density at radius 1 is 1.11 bits per heavy atom. The van der Waals surface area contributed by atoms with Crippen molar-refractivity contribution in [2.45, 2.75) is 19.3 Å². The van der Waals surface area contributed by atoms with Gasteiger partial charge in [-0.25, -0.2) is 15.4 Å². The number of hydrogen-bond donors (Lipinski definition) is 2. The van der Waals surface area contributed by atoms with E-state index < -0.39 is 0 Å². The molecule has 0 amide bonds. The molecule has 0 fully saturated rings. The first-order valence-corrected chi connectivity index (χ1v) is 5.79. The van der Waals surface area contributed by atoms with E-state index in [0.29, 0.717) is 13.2 Å². The first-order chi connectivity index (χ1) is 8.88. The van der Waals surface area contributed by atoms with E-state index in [1.807, 2.05) is 0 Å². The van der Waals surface area contributed by atoms with Crippen molar-refractivity contribution >= 4 is 0 Å². The van der Waals surface area contributed by atoms with E-state index in [4.69, 9.17) is 10.6 Å². The lowest BCUT2D eigenvalue weighted by Gasteiger charge is -2.16. The summed E-state index contributed by atoms with van der Waals surface area (Å²) in [6, 6.07) is 6.17. The Morgan fingerprint density at radius 3 is 2.67 bits per heavy atom. The molecule has 0 bridgehead atoms. The maximum Gasteiger partial charge on any atom is 0.115 e. The molecule has 1 aliphatic rings. The van der Waals surface area contributed by atoms with Crippen molar-refractivity contribution in [3.63, 3.8) is 0 Å². The zero-order valence-corrected chi connectivity index (χ0v) is 9.84. The Balaban J connectivity index is 1.97. The second kappa shape index (κ2) is 4.81. The van der Waals surface area contributed by atoms with Crippen molar-refractivity contribution in [1.82, 2.24) is 15.4 Å². The summed E-state index contributed by atoms with van der Waals surface area (Å²) in [6.07, 6.45) is 5.04. The van der Waals surface area contributed by atoms with Crippen molar-refractivity contribution in [2.75, 3.05) is 0 Å². The second-order valence-corrected chi connectivity index (χ2v) is 4.29. The molecular weight excluding hydrogens is 228 g/mol. The molecule has 0 saturated carbocycles. The van der Waals surface area contributed by atoms with Gasteiger partial charge in [-0.2, -0.15) is 0 Å². The molecule has 1 atom stereocenters. The average molecular weight is 242 g/mol. The molecule has 3 N–H and O–H groups in total. The van der Waals surface area contributed by atoms with Crippen LogP contribution in [-0.2, 0) is 18.0 Å². The third kappa shape index (κ3) is 1.99. The molecule has 5 heteroatoms. The summed E-state index contributed by atoms with van der Waals surface area (Å²) in [5.74, 6) is 5.65. The normalized spacial score (nSPS) is 15.4. The van der Waals surface area contributed by atoms with Crippen LogP contribution in [0.2, 0.25) is 0 Å². The molecule has 0 saturated heterocycles. The van der Waals surface area contributed by atoms with Gasteiger partial charge in [-0.3, -0.25) is 5.84 Å². The fourth-order valence-electron chi connectivity index (χ4n) is 2.22. The molecule has 1 unspecified atom stereocenters. The minimum absolute atomic E-state index is 0.0999. The number of hydrazine groups is 1. The number of hydrogen-bond acceptors (Lipinski definition) is 5. The SMILES string of the molecule is NNC(c1cncnc1)c1ccc2c(c1)COC2. The van der Waals surface area contributed by atoms with E-state index in [0.717, 1.165) is 11.1 Å². The number of nitrogens with one attached hydrogen (secondary N) is 1. The Kier molecular flexibility index (Phi) is 3.02. The minimum Gasteiger partial charge on any atom is -0.372 e.